The molecule has 2 aromatic carbocycles. The molecule has 0 saturated carbocycles. The molecule has 0 spiro atoms. The van der Waals surface area contributed by atoms with Gasteiger partial charge in [0.1, 0.15) is 0 Å². The SMILES string of the molecule is O=C(CCc1cccnc1)NN(Cc1ccccc1)c1ccccc1. The number of carbonyl (C=O) groups is 1. The van der Waals surface area contributed by atoms with Gasteiger partial charge < -0.3 is 0 Å². The molecule has 0 aliphatic carbocycles. The van der Waals surface area contributed by atoms with Crippen molar-refractivity contribution >= 4 is 11.6 Å². The third kappa shape index (κ3) is 5.18. The number of aryl methyl sites for hydroxylation is 1. The van der Waals surface area contributed by atoms with Crippen LogP contribution in [0.4, 0.5) is 5.69 Å². The third-order valence-corrected chi connectivity index (χ3v) is 3.87. The third-order valence-electron chi connectivity index (χ3n) is 3.87. The van der Waals surface area contributed by atoms with Crippen LogP contribution in [0.3, 0.4) is 0 Å². The lowest BCUT2D eigenvalue weighted by atomic mass is 10.1. The van der Waals surface area contributed by atoms with Gasteiger partial charge >= 0.3 is 0 Å². The van der Waals surface area contributed by atoms with Crippen molar-refractivity contribution < 1.29 is 4.79 Å². The minimum Gasteiger partial charge on any atom is -0.281 e. The lowest BCUT2D eigenvalue weighted by Crippen LogP contribution is -2.42. The van der Waals surface area contributed by atoms with Gasteiger partial charge in [0.15, 0.2) is 0 Å². The van der Waals surface area contributed by atoms with Gasteiger partial charge in [-0.3, -0.25) is 20.2 Å². The van der Waals surface area contributed by atoms with E-state index in [-0.39, 0.29) is 5.91 Å². The summed E-state index contributed by atoms with van der Waals surface area (Å²) in [5, 5.41) is 1.89. The second-order valence-corrected chi connectivity index (χ2v) is 5.80. The molecule has 1 heterocycles. The lowest BCUT2D eigenvalue weighted by Gasteiger charge is -2.25. The summed E-state index contributed by atoms with van der Waals surface area (Å²) in [5.74, 6) is -0.0105. The number of hydrogen-bond acceptors (Lipinski definition) is 3. The number of hydrazine groups is 1. The van der Waals surface area contributed by atoms with Gasteiger partial charge in [-0.05, 0) is 35.7 Å². The number of para-hydroxylation sites is 1. The minimum atomic E-state index is -0.0105. The molecule has 4 heteroatoms. The zero-order valence-corrected chi connectivity index (χ0v) is 14.0. The Kier molecular flexibility index (Phi) is 5.77. The van der Waals surface area contributed by atoms with Crippen LogP contribution < -0.4 is 10.4 Å². The Labute approximate surface area is 148 Å². The highest BCUT2D eigenvalue weighted by atomic mass is 16.2. The number of benzene rings is 2. The number of carbonyl (C=O) groups excluding carboxylic acids is 1. The number of hydrogen-bond donors (Lipinski definition) is 1. The molecule has 0 fully saturated rings. The molecule has 4 nitrogen and oxygen atoms in total. The highest BCUT2D eigenvalue weighted by molar-refractivity contribution is 5.78. The number of pyridine rings is 1. The fourth-order valence-electron chi connectivity index (χ4n) is 2.58. The number of nitrogens with zero attached hydrogens (tertiary/aromatic N) is 2. The molecule has 1 aromatic heterocycles. The topological polar surface area (TPSA) is 45.2 Å². The summed E-state index contributed by atoms with van der Waals surface area (Å²) < 4.78 is 0. The van der Waals surface area contributed by atoms with Crippen molar-refractivity contribution in [3.8, 4) is 0 Å². The summed E-state index contributed by atoms with van der Waals surface area (Å²) in [6, 6.07) is 23.9. The van der Waals surface area contributed by atoms with Gasteiger partial charge in [-0.25, -0.2) is 0 Å². The molecule has 0 bridgehead atoms. The van der Waals surface area contributed by atoms with E-state index in [4.69, 9.17) is 0 Å². The molecule has 0 radical (unpaired) electrons. The van der Waals surface area contributed by atoms with E-state index >= 15 is 0 Å². The minimum absolute atomic E-state index is 0.0105. The van der Waals surface area contributed by atoms with Crippen LogP contribution in [0.2, 0.25) is 0 Å². The molecule has 126 valence electrons. The van der Waals surface area contributed by atoms with E-state index in [9.17, 15) is 4.79 Å². The zero-order valence-electron chi connectivity index (χ0n) is 14.0. The maximum Gasteiger partial charge on any atom is 0.238 e. The molecular formula is C21H21N3O. The van der Waals surface area contributed by atoms with Gasteiger partial charge in [-0.1, -0.05) is 54.6 Å². The number of anilines is 1. The average Bonchev–Trinajstić information content (AvgIpc) is 2.68. The Morgan fingerprint density at radius 1 is 0.880 bits per heavy atom. The highest BCUT2D eigenvalue weighted by Crippen LogP contribution is 2.15. The van der Waals surface area contributed by atoms with Crippen molar-refractivity contribution in [3.63, 3.8) is 0 Å². The first-order valence-corrected chi connectivity index (χ1v) is 8.36. The van der Waals surface area contributed by atoms with Crippen molar-refractivity contribution in [2.75, 3.05) is 5.01 Å². The van der Waals surface area contributed by atoms with Crippen LogP contribution in [0, 0.1) is 0 Å². The number of nitrogens with one attached hydrogen (secondary N) is 1. The molecule has 1 N–H and O–H groups in total. The van der Waals surface area contributed by atoms with Crippen LogP contribution in [0.25, 0.3) is 0 Å². The van der Waals surface area contributed by atoms with Crippen LogP contribution in [0.1, 0.15) is 17.5 Å². The summed E-state index contributed by atoms with van der Waals surface area (Å²) in [5.41, 5.74) is 6.19. The largest absolute Gasteiger partial charge is 0.281 e. The van der Waals surface area contributed by atoms with Crippen molar-refractivity contribution in [2.45, 2.75) is 19.4 Å². The average molecular weight is 331 g/mol. The maximum absolute atomic E-state index is 12.4. The molecule has 25 heavy (non-hydrogen) atoms. The molecule has 0 saturated heterocycles. The van der Waals surface area contributed by atoms with Crippen LogP contribution in [-0.4, -0.2) is 10.9 Å². The van der Waals surface area contributed by atoms with Crippen molar-refractivity contribution in [3.05, 3.63) is 96.3 Å². The first-order chi connectivity index (χ1) is 12.3. The Bertz CT molecular complexity index is 776. The molecule has 0 aliphatic heterocycles. The normalized spacial score (nSPS) is 10.2. The Morgan fingerprint density at radius 2 is 1.56 bits per heavy atom. The smallest absolute Gasteiger partial charge is 0.238 e. The van der Waals surface area contributed by atoms with E-state index in [1.54, 1.807) is 12.4 Å². The molecule has 3 rings (SSSR count). The molecule has 0 aliphatic rings. The van der Waals surface area contributed by atoms with Gasteiger partial charge in [0.2, 0.25) is 5.91 Å². The van der Waals surface area contributed by atoms with Gasteiger partial charge in [0, 0.05) is 18.8 Å². The van der Waals surface area contributed by atoms with E-state index in [1.807, 2.05) is 65.7 Å². The molecular weight excluding hydrogens is 310 g/mol. The maximum atomic E-state index is 12.4. The van der Waals surface area contributed by atoms with Crippen molar-refractivity contribution in [2.24, 2.45) is 0 Å². The van der Waals surface area contributed by atoms with E-state index in [2.05, 4.69) is 22.5 Å². The van der Waals surface area contributed by atoms with Crippen molar-refractivity contribution in [1.82, 2.24) is 10.4 Å². The molecule has 3 aromatic rings. The van der Waals surface area contributed by atoms with Gasteiger partial charge in [-0.2, -0.15) is 0 Å². The van der Waals surface area contributed by atoms with Gasteiger partial charge in [0.25, 0.3) is 0 Å². The van der Waals surface area contributed by atoms with Crippen LogP contribution in [0.5, 0.6) is 0 Å². The first kappa shape index (κ1) is 16.7. The van der Waals surface area contributed by atoms with Crippen LogP contribution in [0.15, 0.2) is 85.2 Å². The summed E-state index contributed by atoms with van der Waals surface area (Å²) in [6.07, 6.45) is 4.63. The summed E-state index contributed by atoms with van der Waals surface area (Å²) >= 11 is 0. The van der Waals surface area contributed by atoms with E-state index in [0.29, 0.717) is 19.4 Å². The zero-order chi connectivity index (χ0) is 17.3. The van der Waals surface area contributed by atoms with E-state index in [0.717, 1.165) is 16.8 Å². The fraction of sp³-hybridized carbons (Fsp3) is 0.143. The van der Waals surface area contributed by atoms with E-state index in [1.165, 1.54) is 0 Å². The standard InChI is InChI=1S/C21H21N3O/c25-21(14-13-18-10-7-15-22-16-18)23-24(20-11-5-2-6-12-20)17-19-8-3-1-4-9-19/h1-12,15-16H,13-14,17H2,(H,23,25). The Balaban J connectivity index is 1.66. The van der Waals surface area contributed by atoms with E-state index < -0.39 is 0 Å². The Morgan fingerprint density at radius 3 is 2.24 bits per heavy atom. The first-order valence-electron chi connectivity index (χ1n) is 8.36. The van der Waals surface area contributed by atoms with Crippen LogP contribution >= 0.6 is 0 Å². The number of aromatic nitrogens is 1. The predicted octanol–water partition coefficient (Wildman–Crippen LogP) is 3.75. The summed E-state index contributed by atoms with van der Waals surface area (Å²) in [7, 11) is 0. The highest BCUT2D eigenvalue weighted by Gasteiger charge is 2.11. The lowest BCUT2D eigenvalue weighted by molar-refractivity contribution is -0.121. The quantitative estimate of drug-likeness (QED) is 0.671. The van der Waals surface area contributed by atoms with Gasteiger partial charge in [0.05, 0.1) is 12.2 Å². The monoisotopic (exact) mass is 331 g/mol. The number of rotatable bonds is 7. The molecule has 1 amide bonds. The van der Waals surface area contributed by atoms with Crippen LogP contribution in [-0.2, 0) is 17.8 Å². The molecule has 0 atom stereocenters. The number of amides is 1. The molecule has 0 unspecified atom stereocenters. The predicted molar refractivity (Wildman–Crippen MR) is 99.8 cm³/mol. The summed E-state index contributed by atoms with van der Waals surface area (Å²) in [6.45, 7) is 0.615. The second-order valence-electron chi connectivity index (χ2n) is 5.80. The Hall–Kier alpha value is -3.14. The fourth-order valence-corrected chi connectivity index (χ4v) is 2.58. The van der Waals surface area contributed by atoms with Crippen molar-refractivity contribution in [1.29, 1.82) is 0 Å². The summed E-state index contributed by atoms with van der Waals surface area (Å²) in [4.78, 5) is 16.5. The second kappa shape index (κ2) is 8.64. The van der Waals surface area contributed by atoms with Gasteiger partial charge in [-0.15, -0.1) is 0 Å².